The van der Waals surface area contributed by atoms with Crippen molar-refractivity contribution in [1.82, 2.24) is 15.2 Å². The molecule has 1 aliphatic rings. The minimum absolute atomic E-state index is 0.185. The number of nitrogens with one attached hydrogen (secondary N) is 1. The van der Waals surface area contributed by atoms with Gasteiger partial charge in [-0.1, -0.05) is 30.3 Å². The molecule has 0 saturated carbocycles. The van der Waals surface area contributed by atoms with Crippen molar-refractivity contribution in [3.8, 4) is 10.8 Å². The van der Waals surface area contributed by atoms with E-state index in [1.807, 2.05) is 36.4 Å². The smallest absolute Gasteiger partial charge is 0.287 e. The molecule has 0 aliphatic carbocycles. The Labute approximate surface area is 185 Å². The van der Waals surface area contributed by atoms with Crippen LogP contribution in [0.3, 0.4) is 0 Å². The molecule has 158 valence electrons. The van der Waals surface area contributed by atoms with Gasteiger partial charge in [0.1, 0.15) is 0 Å². The van der Waals surface area contributed by atoms with Crippen molar-refractivity contribution in [2.75, 3.05) is 44.2 Å². The molecule has 1 aliphatic heterocycles. The Morgan fingerprint density at radius 1 is 0.968 bits per heavy atom. The van der Waals surface area contributed by atoms with Gasteiger partial charge in [0.05, 0.1) is 10.2 Å². The number of para-hydroxylation sites is 2. The molecule has 6 nitrogen and oxygen atoms in total. The van der Waals surface area contributed by atoms with Crippen LogP contribution in [0, 0.1) is 0 Å². The molecule has 2 aromatic carbocycles. The average Bonchev–Trinajstić information content (AvgIpc) is 3.47. The second-order valence-corrected chi connectivity index (χ2v) is 8.60. The van der Waals surface area contributed by atoms with E-state index >= 15 is 0 Å². The van der Waals surface area contributed by atoms with Gasteiger partial charge >= 0.3 is 0 Å². The summed E-state index contributed by atoms with van der Waals surface area (Å²) in [5.74, 6) is 0.766. The third-order valence-electron chi connectivity index (χ3n) is 5.54. The Morgan fingerprint density at radius 2 is 1.74 bits per heavy atom. The Hall–Kier alpha value is -3.16. The van der Waals surface area contributed by atoms with Crippen LogP contribution in [0.1, 0.15) is 10.6 Å². The van der Waals surface area contributed by atoms with Crippen LogP contribution in [-0.4, -0.2) is 55.1 Å². The highest BCUT2D eigenvalue weighted by molar-refractivity contribution is 7.21. The topological polar surface area (TPSA) is 61.6 Å². The minimum atomic E-state index is -0.185. The molecule has 4 aromatic rings. The molecular formula is C24H24N4O2S. The van der Waals surface area contributed by atoms with Gasteiger partial charge in [0.25, 0.3) is 5.91 Å². The maximum Gasteiger partial charge on any atom is 0.287 e. The summed E-state index contributed by atoms with van der Waals surface area (Å²) in [6.45, 7) is 5.42. The maximum absolute atomic E-state index is 12.5. The summed E-state index contributed by atoms with van der Waals surface area (Å²) in [5.41, 5.74) is 2.22. The fraction of sp³-hybridized carbons (Fsp3) is 0.250. The number of hydrogen-bond acceptors (Lipinski definition) is 6. The SMILES string of the molecule is O=C(NCCN1CCN(c2ccccc2)CC1)c1ccc(-c2nc3ccccc3s2)o1. The largest absolute Gasteiger partial charge is 0.448 e. The highest BCUT2D eigenvalue weighted by Crippen LogP contribution is 2.31. The number of rotatable bonds is 6. The fourth-order valence-corrected chi connectivity index (χ4v) is 4.76. The number of furan rings is 1. The number of amides is 1. The van der Waals surface area contributed by atoms with E-state index in [2.05, 4.69) is 44.4 Å². The minimum Gasteiger partial charge on any atom is -0.448 e. The number of fused-ring (bicyclic) bond motifs is 1. The monoisotopic (exact) mass is 432 g/mol. The second kappa shape index (κ2) is 8.91. The van der Waals surface area contributed by atoms with Crippen LogP contribution in [0.2, 0.25) is 0 Å². The molecule has 5 rings (SSSR count). The molecule has 1 saturated heterocycles. The number of hydrogen-bond donors (Lipinski definition) is 1. The number of anilines is 1. The van der Waals surface area contributed by atoms with Crippen LogP contribution < -0.4 is 10.2 Å². The Balaban J connectivity index is 1.11. The van der Waals surface area contributed by atoms with Crippen molar-refractivity contribution < 1.29 is 9.21 Å². The normalized spacial score (nSPS) is 14.8. The first-order valence-electron chi connectivity index (χ1n) is 10.5. The van der Waals surface area contributed by atoms with Crippen molar-refractivity contribution in [3.05, 3.63) is 72.5 Å². The van der Waals surface area contributed by atoms with Crippen molar-refractivity contribution in [1.29, 1.82) is 0 Å². The summed E-state index contributed by atoms with van der Waals surface area (Å²) < 4.78 is 6.89. The van der Waals surface area contributed by atoms with E-state index in [1.165, 1.54) is 5.69 Å². The van der Waals surface area contributed by atoms with Gasteiger partial charge in [-0.15, -0.1) is 11.3 Å². The number of carbonyl (C=O) groups excluding carboxylic acids is 1. The molecule has 0 atom stereocenters. The van der Waals surface area contributed by atoms with Crippen molar-refractivity contribution >= 4 is 33.1 Å². The maximum atomic E-state index is 12.5. The van der Waals surface area contributed by atoms with Crippen molar-refractivity contribution in [2.24, 2.45) is 0 Å². The predicted molar refractivity (Wildman–Crippen MR) is 125 cm³/mol. The van der Waals surface area contributed by atoms with Crippen LogP contribution in [-0.2, 0) is 0 Å². The highest BCUT2D eigenvalue weighted by atomic mass is 32.1. The van der Waals surface area contributed by atoms with E-state index in [1.54, 1.807) is 17.4 Å². The number of nitrogens with zero attached hydrogens (tertiary/aromatic N) is 3. The zero-order valence-corrected chi connectivity index (χ0v) is 18.0. The molecule has 3 heterocycles. The van der Waals surface area contributed by atoms with Crippen molar-refractivity contribution in [2.45, 2.75) is 0 Å². The summed E-state index contributed by atoms with van der Waals surface area (Å²) in [6.07, 6.45) is 0. The standard InChI is InChI=1S/C24H24N4O2S/c29-23(20-10-11-21(30-20)24-26-19-8-4-5-9-22(19)31-24)25-12-13-27-14-16-28(17-15-27)18-6-2-1-3-7-18/h1-11H,12-17H2,(H,25,29). The first-order chi connectivity index (χ1) is 15.3. The highest BCUT2D eigenvalue weighted by Gasteiger charge is 2.18. The first-order valence-corrected chi connectivity index (χ1v) is 11.3. The average molecular weight is 433 g/mol. The lowest BCUT2D eigenvalue weighted by Gasteiger charge is -2.36. The van der Waals surface area contributed by atoms with E-state index in [0.717, 1.165) is 47.9 Å². The van der Waals surface area contributed by atoms with E-state index in [-0.39, 0.29) is 5.91 Å². The van der Waals surface area contributed by atoms with E-state index in [0.29, 0.717) is 18.1 Å². The summed E-state index contributed by atoms with van der Waals surface area (Å²) in [4.78, 5) is 21.9. The van der Waals surface area contributed by atoms with E-state index in [9.17, 15) is 4.79 Å². The molecule has 1 amide bonds. The summed E-state index contributed by atoms with van der Waals surface area (Å²) in [5, 5.41) is 3.76. The van der Waals surface area contributed by atoms with Crippen LogP contribution >= 0.6 is 11.3 Å². The zero-order valence-electron chi connectivity index (χ0n) is 17.2. The molecule has 0 unspecified atom stereocenters. The Bertz CT molecular complexity index is 1130. The van der Waals surface area contributed by atoms with Crippen LogP contribution in [0.5, 0.6) is 0 Å². The lowest BCUT2D eigenvalue weighted by atomic mass is 10.2. The third-order valence-corrected chi connectivity index (χ3v) is 6.59. The lowest BCUT2D eigenvalue weighted by molar-refractivity contribution is 0.0921. The molecule has 1 N–H and O–H groups in total. The van der Waals surface area contributed by atoms with Gasteiger partial charge in [0.2, 0.25) is 0 Å². The van der Waals surface area contributed by atoms with Crippen LogP contribution in [0.4, 0.5) is 5.69 Å². The van der Waals surface area contributed by atoms with Crippen LogP contribution in [0.15, 0.2) is 71.1 Å². The third kappa shape index (κ3) is 4.47. The van der Waals surface area contributed by atoms with E-state index in [4.69, 9.17) is 4.42 Å². The predicted octanol–water partition coefficient (Wildman–Crippen LogP) is 4.11. The second-order valence-electron chi connectivity index (χ2n) is 7.57. The molecule has 0 spiro atoms. The Morgan fingerprint density at radius 3 is 2.55 bits per heavy atom. The van der Waals surface area contributed by atoms with Gasteiger partial charge in [-0.25, -0.2) is 4.98 Å². The molecule has 7 heteroatoms. The molecule has 0 radical (unpaired) electrons. The summed E-state index contributed by atoms with van der Waals surface area (Å²) in [7, 11) is 0. The van der Waals surface area contributed by atoms with Gasteiger partial charge < -0.3 is 14.6 Å². The number of aromatic nitrogens is 1. The van der Waals surface area contributed by atoms with Gasteiger partial charge in [-0.2, -0.15) is 0 Å². The summed E-state index contributed by atoms with van der Waals surface area (Å²) in [6, 6.07) is 22.0. The molecule has 1 fully saturated rings. The lowest BCUT2D eigenvalue weighted by Crippen LogP contribution is -2.48. The quantitative estimate of drug-likeness (QED) is 0.497. The molecular weight excluding hydrogens is 408 g/mol. The van der Waals surface area contributed by atoms with Crippen LogP contribution in [0.25, 0.3) is 21.0 Å². The van der Waals surface area contributed by atoms with Gasteiger partial charge in [-0.3, -0.25) is 9.69 Å². The van der Waals surface area contributed by atoms with E-state index < -0.39 is 0 Å². The first kappa shape index (κ1) is 19.8. The summed E-state index contributed by atoms with van der Waals surface area (Å²) >= 11 is 1.56. The zero-order chi connectivity index (χ0) is 21.0. The van der Waals surface area contributed by atoms with Gasteiger partial charge in [0.15, 0.2) is 16.5 Å². The van der Waals surface area contributed by atoms with Crippen molar-refractivity contribution in [3.63, 3.8) is 0 Å². The van der Waals surface area contributed by atoms with Gasteiger partial charge in [-0.05, 0) is 36.4 Å². The fourth-order valence-electron chi connectivity index (χ4n) is 3.84. The molecule has 2 aromatic heterocycles. The number of benzene rings is 2. The molecule has 31 heavy (non-hydrogen) atoms. The van der Waals surface area contributed by atoms with Gasteiger partial charge in [0, 0.05) is 45.0 Å². The molecule has 0 bridgehead atoms. The number of carbonyl (C=O) groups is 1. The number of piperazine rings is 1. The Kier molecular flexibility index (Phi) is 5.69. The number of thiazole rings is 1.